The molecule has 0 heterocycles. The van der Waals surface area contributed by atoms with Gasteiger partial charge >= 0.3 is 0 Å². The average Bonchev–Trinajstić information content (AvgIpc) is 2.19. The van der Waals surface area contributed by atoms with Crippen LogP contribution >= 0.6 is 0 Å². The van der Waals surface area contributed by atoms with E-state index in [4.69, 9.17) is 10.5 Å². The summed E-state index contributed by atoms with van der Waals surface area (Å²) >= 11 is 0. The maximum absolute atomic E-state index is 13.5. The molecule has 2 nitrogen and oxygen atoms in total. The van der Waals surface area contributed by atoms with Crippen LogP contribution in [0.2, 0.25) is 0 Å². The Kier molecular flexibility index (Phi) is 4.09. The van der Waals surface area contributed by atoms with Crippen molar-refractivity contribution in [2.75, 3.05) is 6.61 Å². The number of aryl methyl sites for hydroxylation is 1. The van der Waals surface area contributed by atoms with E-state index < -0.39 is 0 Å². The first-order valence-corrected chi connectivity index (χ1v) is 5.16. The van der Waals surface area contributed by atoms with Gasteiger partial charge in [0.05, 0.1) is 0 Å². The van der Waals surface area contributed by atoms with Crippen molar-refractivity contribution < 1.29 is 9.13 Å². The molecule has 0 spiro atoms. The van der Waals surface area contributed by atoms with Crippen molar-refractivity contribution in [1.29, 1.82) is 0 Å². The van der Waals surface area contributed by atoms with E-state index in [1.54, 1.807) is 25.1 Å². The molecule has 1 atom stereocenters. The highest BCUT2D eigenvalue weighted by molar-refractivity contribution is 5.30. The van der Waals surface area contributed by atoms with Gasteiger partial charge in [0.2, 0.25) is 0 Å². The van der Waals surface area contributed by atoms with E-state index in [-0.39, 0.29) is 17.6 Å². The molecule has 0 saturated heterocycles. The summed E-state index contributed by atoms with van der Waals surface area (Å²) in [5.41, 5.74) is 6.39. The average molecular weight is 211 g/mol. The molecular formula is C12H18FNO. The van der Waals surface area contributed by atoms with Gasteiger partial charge in [-0.25, -0.2) is 4.39 Å². The van der Waals surface area contributed by atoms with Crippen LogP contribution < -0.4 is 10.5 Å². The van der Waals surface area contributed by atoms with Crippen molar-refractivity contribution in [2.24, 2.45) is 11.7 Å². The summed E-state index contributed by atoms with van der Waals surface area (Å²) in [6.07, 6.45) is 0. The minimum absolute atomic E-state index is 0.0649. The van der Waals surface area contributed by atoms with Gasteiger partial charge in [0.15, 0.2) is 11.6 Å². The van der Waals surface area contributed by atoms with Crippen LogP contribution in [0.3, 0.4) is 0 Å². The second-order valence-electron chi connectivity index (χ2n) is 4.11. The molecule has 0 aromatic heterocycles. The molecule has 0 amide bonds. The van der Waals surface area contributed by atoms with Gasteiger partial charge in [-0.1, -0.05) is 26.0 Å². The Morgan fingerprint density at radius 2 is 2.07 bits per heavy atom. The van der Waals surface area contributed by atoms with Crippen LogP contribution in [0.5, 0.6) is 5.75 Å². The van der Waals surface area contributed by atoms with Crippen LogP contribution in [0.1, 0.15) is 19.4 Å². The monoisotopic (exact) mass is 211 g/mol. The molecule has 0 radical (unpaired) electrons. The molecule has 15 heavy (non-hydrogen) atoms. The van der Waals surface area contributed by atoms with Gasteiger partial charge in [0.1, 0.15) is 6.61 Å². The summed E-state index contributed by atoms with van der Waals surface area (Å²) in [5.74, 6) is 0.317. The number of hydrogen-bond donors (Lipinski definition) is 1. The van der Waals surface area contributed by atoms with Crippen LogP contribution in [0, 0.1) is 18.7 Å². The molecule has 0 bridgehead atoms. The van der Waals surface area contributed by atoms with E-state index in [1.165, 1.54) is 0 Å². The fourth-order valence-electron chi connectivity index (χ4n) is 1.11. The van der Waals surface area contributed by atoms with E-state index in [2.05, 4.69) is 0 Å². The molecule has 1 aromatic carbocycles. The first-order chi connectivity index (χ1) is 7.02. The second-order valence-corrected chi connectivity index (χ2v) is 4.11. The van der Waals surface area contributed by atoms with E-state index in [9.17, 15) is 4.39 Å². The maximum Gasteiger partial charge on any atom is 0.167 e. The predicted molar refractivity (Wildman–Crippen MR) is 59.4 cm³/mol. The van der Waals surface area contributed by atoms with Crippen molar-refractivity contribution in [3.05, 3.63) is 29.6 Å². The Hall–Kier alpha value is -1.09. The van der Waals surface area contributed by atoms with Gasteiger partial charge in [-0.3, -0.25) is 0 Å². The standard InChI is InChI=1S/C12H18FNO/c1-8(2)10(14)7-15-11-6-4-5-9(3)12(11)13/h4-6,8,10H,7,14H2,1-3H3. The topological polar surface area (TPSA) is 35.2 Å². The lowest BCUT2D eigenvalue weighted by Crippen LogP contribution is -2.33. The van der Waals surface area contributed by atoms with Crippen LogP contribution in [-0.4, -0.2) is 12.6 Å². The Morgan fingerprint density at radius 1 is 1.40 bits per heavy atom. The van der Waals surface area contributed by atoms with Crippen molar-refractivity contribution >= 4 is 0 Å². The highest BCUT2D eigenvalue weighted by Crippen LogP contribution is 2.19. The van der Waals surface area contributed by atoms with Gasteiger partial charge < -0.3 is 10.5 Å². The van der Waals surface area contributed by atoms with Gasteiger partial charge in [-0.2, -0.15) is 0 Å². The number of halogens is 1. The Bertz CT molecular complexity index is 325. The van der Waals surface area contributed by atoms with Crippen molar-refractivity contribution in [2.45, 2.75) is 26.8 Å². The largest absolute Gasteiger partial charge is 0.489 e. The third-order valence-electron chi connectivity index (χ3n) is 2.44. The first kappa shape index (κ1) is 12.0. The minimum atomic E-state index is -0.298. The van der Waals surface area contributed by atoms with Gasteiger partial charge in [-0.15, -0.1) is 0 Å². The molecule has 0 aliphatic heterocycles. The number of ether oxygens (including phenoxy) is 1. The maximum atomic E-state index is 13.5. The highest BCUT2D eigenvalue weighted by atomic mass is 19.1. The normalized spacial score (nSPS) is 12.9. The predicted octanol–water partition coefficient (Wildman–Crippen LogP) is 2.50. The molecular weight excluding hydrogens is 193 g/mol. The fourth-order valence-corrected chi connectivity index (χ4v) is 1.11. The summed E-state index contributed by atoms with van der Waals surface area (Å²) in [6, 6.07) is 5.04. The van der Waals surface area contributed by atoms with E-state index in [0.717, 1.165) is 0 Å². The SMILES string of the molecule is Cc1cccc(OCC(N)C(C)C)c1F. The first-order valence-electron chi connectivity index (χ1n) is 5.16. The Balaban J connectivity index is 2.62. The molecule has 1 aromatic rings. The molecule has 0 fully saturated rings. The van der Waals surface area contributed by atoms with E-state index in [1.807, 2.05) is 13.8 Å². The minimum Gasteiger partial charge on any atom is -0.489 e. The van der Waals surface area contributed by atoms with E-state index in [0.29, 0.717) is 18.1 Å². The van der Waals surface area contributed by atoms with Crippen LogP contribution in [0.25, 0.3) is 0 Å². The lowest BCUT2D eigenvalue weighted by atomic mass is 10.1. The molecule has 0 saturated carbocycles. The van der Waals surface area contributed by atoms with Crippen LogP contribution in [0.4, 0.5) is 4.39 Å². The molecule has 2 N–H and O–H groups in total. The molecule has 3 heteroatoms. The zero-order valence-corrected chi connectivity index (χ0v) is 9.46. The lowest BCUT2D eigenvalue weighted by Gasteiger charge is -2.16. The Labute approximate surface area is 90.2 Å². The lowest BCUT2D eigenvalue weighted by molar-refractivity contribution is 0.249. The fraction of sp³-hybridized carbons (Fsp3) is 0.500. The second kappa shape index (κ2) is 5.12. The van der Waals surface area contributed by atoms with Crippen molar-refractivity contribution in [3.63, 3.8) is 0 Å². The summed E-state index contributed by atoms with van der Waals surface area (Å²) in [4.78, 5) is 0. The van der Waals surface area contributed by atoms with Gasteiger partial charge in [0, 0.05) is 6.04 Å². The molecule has 84 valence electrons. The van der Waals surface area contributed by atoms with Crippen LogP contribution in [-0.2, 0) is 0 Å². The zero-order chi connectivity index (χ0) is 11.4. The smallest absolute Gasteiger partial charge is 0.167 e. The van der Waals surface area contributed by atoms with Gasteiger partial charge in [-0.05, 0) is 24.5 Å². The van der Waals surface area contributed by atoms with Gasteiger partial charge in [0.25, 0.3) is 0 Å². The number of benzene rings is 1. The molecule has 1 rings (SSSR count). The number of rotatable bonds is 4. The van der Waals surface area contributed by atoms with Crippen molar-refractivity contribution in [3.8, 4) is 5.75 Å². The summed E-state index contributed by atoms with van der Waals surface area (Å²) in [5, 5.41) is 0. The number of hydrogen-bond acceptors (Lipinski definition) is 2. The summed E-state index contributed by atoms with van der Waals surface area (Å²) < 4.78 is 18.8. The zero-order valence-electron chi connectivity index (χ0n) is 9.46. The third kappa shape index (κ3) is 3.20. The Morgan fingerprint density at radius 3 is 2.67 bits per heavy atom. The van der Waals surface area contributed by atoms with Crippen molar-refractivity contribution in [1.82, 2.24) is 0 Å². The van der Waals surface area contributed by atoms with E-state index >= 15 is 0 Å². The summed E-state index contributed by atoms with van der Waals surface area (Å²) in [7, 11) is 0. The summed E-state index contributed by atoms with van der Waals surface area (Å²) in [6.45, 7) is 6.09. The third-order valence-corrected chi connectivity index (χ3v) is 2.44. The number of nitrogens with two attached hydrogens (primary N) is 1. The quantitative estimate of drug-likeness (QED) is 0.830. The highest BCUT2D eigenvalue weighted by Gasteiger charge is 2.11. The van der Waals surface area contributed by atoms with Crippen LogP contribution in [0.15, 0.2) is 18.2 Å². The molecule has 0 aliphatic rings. The molecule has 1 unspecified atom stereocenters. The molecule has 0 aliphatic carbocycles.